The number of nitro benzene ring substituents is 1. The van der Waals surface area contributed by atoms with Gasteiger partial charge in [0.15, 0.2) is 0 Å². The lowest BCUT2D eigenvalue weighted by Gasteiger charge is -2.23. The molecule has 3 aromatic carbocycles. The minimum absolute atomic E-state index is 0.0446. The average molecular weight is 549 g/mol. The fraction of sp³-hybridized carbons (Fsp3) is 0.174. The third-order valence-electron chi connectivity index (χ3n) is 5.55. The summed E-state index contributed by atoms with van der Waals surface area (Å²) in [6.45, 7) is 1.51. The number of nitrogens with one attached hydrogen (secondary N) is 1. The molecule has 0 radical (unpaired) electrons. The molecule has 1 N–H and O–H groups in total. The lowest BCUT2D eigenvalue weighted by atomic mass is 9.98. The number of hydrogen-bond acceptors (Lipinski definition) is 7. The lowest BCUT2D eigenvalue weighted by Crippen LogP contribution is -2.27. The van der Waals surface area contributed by atoms with Crippen LogP contribution in [0.5, 0.6) is 0 Å². The summed E-state index contributed by atoms with van der Waals surface area (Å²) in [6, 6.07) is 16.9. The average Bonchev–Trinajstić information content (AvgIpc) is 3.31. The van der Waals surface area contributed by atoms with Crippen molar-refractivity contribution in [2.75, 3.05) is 10.5 Å². The van der Waals surface area contributed by atoms with Crippen molar-refractivity contribution in [2.24, 2.45) is 5.10 Å². The molecule has 4 rings (SSSR count). The SMILES string of the molecule is CCS(=O)(=O)Nc1cccc(C2=NN(S(=O)(=O)c3ccc(Cl)cc3)[C@H](c3cccc([N+](=O)[O-])c3)C2)c1. The zero-order chi connectivity index (χ0) is 26.1. The van der Waals surface area contributed by atoms with Gasteiger partial charge in [-0.15, -0.1) is 0 Å². The molecule has 13 heteroatoms. The molecule has 0 aromatic heterocycles. The van der Waals surface area contributed by atoms with Crippen LogP contribution in [0.1, 0.15) is 30.5 Å². The van der Waals surface area contributed by atoms with Crippen LogP contribution in [0.3, 0.4) is 0 Å². The summed E-state index contributed by atoms with van der Waals surface area (Å²) < 4.78 is 54.5. The quantitative estimate of drug-likeness (QED) is 0.323. The molecular weight excluding hydrogens is 528 g/mol. The number of nitrogens with zero attached hydrogens (tertiary/aromatic N) is 3. The lowest BCUT2D eigenvalue weighted by molar-refractivity contribution is -0.384. The Kier molecular flexibility index (Phi) is 7.03. The number of anilines is 1. The highest BCUT2D eigenvalue weighted by molar-refractivity contribution is 7.92. The Bertz CT molecular complexity index is 1560. The molecule has 0 unspecified atom stereocenters. The molecule has 10 nitrogen and oxygen atoms in total. The molecule has 0 saturated carbocycles. The Morgan fingerprint density at radius 1 is 1.06 bits per heavy atom. The molecule has 1 heterocycles. The van der Waals surface area contributed by atoms with Crippen molar-refractivity contribution in [3.8, 4) is 0 Å². The second-order valence-electron chi connectivity index (χ2n) is 7.94. The first-order valence-electron chi connectivity index (χ1n) is 10.7. The van der Waals surface area contributed by atoms with Crippen LogP contribution in [0.25, 0.3) is 0 Å². The van der Waals surface area contributed by atoms with E-state index in [9.17, 15) is 26.9 Å². The molecule has 0 saturated heterocycles. The molecule has 188 valence electrons. The summed E-state index contributed by atoms with van der Waals surface area (Å²) in [4.78, 5) is 10.7. The van der Waals surface area contributed by atoms with Crippen LogP contribution in [-0.2, 0) is 20.0 Å². The molecule has 0 amide bonds. The number of sulfonamides is 2. The Morgan fingerprint density at radius 2 is 1.75 bits per heavy atom. The maximum absolute atomic E-state index is 13.6. The van der Waals surface area contributed by atoms with Gasteiger partial charge in [-0.1, -0.05) is 35.9 Å². The smallest absolute Gasteiger partial charge is 0.279 e. The maximum atomic E-state index is 13.6. The van der Waals surface area contributed by atoms with Crippen molar-refractivity contribution >= 4 is 48.7 Å². The maximum Gasteiger partial charge on any atom is 0.279 e. The summed E-state index contributed by atoms with van der Waals surface area (Å²) in [5.74, 6) is -0.111. The number of nitro groups is 1. The summed E-state index contributed by atoms with van der Waals surface area (Å²) in [5.41, 5.74) is 1.41. The first-order valence-corrected chi connectivity index (χ1v) is 14.2. The Hall–Kier alpha value is -3.48. The number of hydrazone groups is 1. The van der Waals surface area contributed by atoms with Crippen molar-refractivity contribution in [1.82, 2.24) is 4.41 Å². The van der Waals surface area contributed by atoms with E-state index in [1.165, 1.54) is 49.4 Å². The molecular formula is C23H21ClN4O6S2. The van der Waals surface area contributed by atoms with E-state index < -0.39 is 31.0 Å². The largest absolute Gasteiger partial charge is 0.284 e. The monoisotopic (exact) mass is 548 g/mol. The molecule has 0 bridgehead atoms. The van der Waals surface area contributed by atoms with Gasteiger partial charge in [0.25, 0.3) is 15.7 Å². The van der Waals surface area contributed by atoms with Crippen molar-refractivity contribution in [2.45, 2.75) is 24.3 Å². The third-order valence-corrected chi connectivity index (χ3v) is 8.80. The van der Waals surface area contributed by atoms with Gasteiger partial charge in [0.1, 0.15) is 0 Å². The van der Waals surface area contributed by atoms with Crippen LogP contribution in [0.4, 0.5) is 11.4 Å². The van der Waals surface area contributed by atoms with E-state index in [0.29, 0.717) is 27.5 Å². The second-order valence-corrected chi connectivity index (χ2v) is 12.2. The zero-order valence-electron chi connectivity index (χ0n) is 18.9. The van der Waals surface area contributed by atoms with Crippen molar-refractivity contribution < 1.29 is 21.8 Å². The van der Waals surface area contributed by atoms with Crippen LogP contribution in [0, 0.1) is 10.1 Å². The fourth-order valence-corrected chi connectivity index (χ4v) is 5.90. The van der Waals surface area contributed by atoms with Gasteiger partial charge in [0, 0.05) is 29.3 Å². The highest BCUT2D eigenvalue weighted by Gasteiger charge is 2.38. The molecule has 0 aliphatic carbocycles. The van der Waals surface area contributed by atoms with Crippen molar-refractivity contribution in [3.63, 3.8) is 0 Å². The van der Waals surface area contributed by atoms with E-state index in [0.717, 1.165) is 4.41 Å². The highest BCUT2D eigenvalue weighted by atomic mass is 35.5. The van der Waals surface area contributed by atoms with E-state index in [-0.39, 0.29) is 22.8 Å². The Labute approximate surface area is 213 Å². The van der Waals surface area contributed by atoms with Crippen LogP contribution in [-0.4, -0.2) is 37.6 Å². The minimum atomic E-state index is -4.16. The molecule has 1 aliphatic rings. The van der Waals surface area contributed by atoms with Gasteiger partial charge in [-0.25, -0.2) is 8.42 Å². The Balaban J connectivity index is 1.79. The number of benzene rings is 3. The molecule has 3 aromatic rings. The van der Waals surface area contributed by atoms with Crippen molar-refractivity contribution in [1.29, 1.82) is 0 Å². The van der Waals surface area contributed by atoms with Gasteiger partial charge in [-0.05, 0) is 54.4 Å². The fourth-order valence-electron chi connectivity index (χ4n) is 3.71. The summed E-state index contributed by atoms with van der Waals surface area (Å²) in [5, 5.41) is 16.1. The van der Waals surface area contributed by atoms with Crippen LogP contribution in [0.15, 0.2) is 82.8 Å². The topological polar surface area (TPSA) is 139 Å². The van der Waals surface area contributed by atoms with E-state index in [2.05, 4.69) is 9.82 Å². The summed E-state index contributed by atoms with van der Waals surface area (Å²) in [6.07, 6.45) is 0.109. The predicted octanol–water partition coefficient (Wildman–Crippen LogP) is 4.55. The van der Waals surface area contributed by atoms with Gasteiger partial charge < -0.3 is 0 Å². The van der Waals surface area contributed by atoms with E-state index in [4.69, 9.17) is 11.6 Å². The summed E-state index contributed by atoms with van der Waals surface area (Å²) >= 11 is 5.92. The highest BCUT2D eigenvalue weighted by Crippen LogP contribution is 2.38. The molecule has 0 spiro atoms. The standard InChI is InChI=1S/C23H21ClN4O6S2/c1-2-35(31,32)26-19-7-3-5-16(13-19)22-15-23(17-6-4-8-20(14-17)28(29)30)27(25-22)36(33,34)21-11-9-18(24)10-12-21/h3-14,23,26H,2,15H2,1H3/t23-/m0/s1. The van der Waals surface area contributed by atoms with Gasteiger partial charge in [-0.2, -0.15) is 17.9 Å². The first kappa shape index (κ1) is 25.6. The molecule has 1 atom stereocenters. The predicted molar refractivity (Wildman–Crippen MR) is 137 cm³/mol. The molecule has 36 heavy (non-hydrogen) atoms. The van der Waals surface area contributed by atoms with E-state index in [1.54, 1.807) is 30.3 Å². The number of halogens is 1. The van der Waals surface area contributed by atoms with Crippen molar-refractivity contribution in [3.05, 3.63) is 99.1 Å². The van der Waals surface area contributed by atoms with Crippen LogP contribution >= 0.6 is 11.6 Å². The second kappa shape index (κ2) is 9.88. The number of hydrogen-bond donors (Lipinski definition) is 1. The van der Waals surface area contributed by atoms with Gasteiger partial charge in [0.05, 0.1) is 27.3 Å². The molecule has 1 aliphatic heterocycles. The number of non-ortho nitro benzene ring substituents is 1. The number of rotatable bonds is 8. The normalized spacial score (nSPS) is 16.0. The Morgan fingerprint density at radius 3 is 2.42 bits per heavy atom. The molecule has 0 fully saturated rings. The summed E-state index contributed by atoms with van der Waals surface area (Å²) in [7, 11) is -7.69. The zero-order valence-corrected chi connectivity index (χ0v) is 21.3. The first-order chi connectivity index (χ1) is 17.0. The minimum Gasteiger partial charge on any atom is -0.284 e. The third kappa shape index (κ3) is 5.35. The van der Waals surface area contributed by atoms with Crippen LogP contribution < -0.4 is 4.72 Å². The van der Waals surface area contributed by atoms with Gasteiger partial charge >= 0.3 is 0 Å². The van der Waals surface area contributed by atoms with Crippen LogP contribution in [0.2, 0.25) is 5.02 Å². The van der Waals surface area contributed by atoms with Gasteiger partial charge in [-0.3, -0.25) is 14.8 Å². The van der Waals surface area contributed by atoms with E-state index >= 15 is 0 Å². The van der Waals surface area contributed by atoms with Gasteiger partial charge in [0.2, 0.25) is 10.0 Å². The van der Waals surface area contributed by atoms with E-state index in [1.807, 2.05) is 0 Å².